The molecule has 0 radical (unpaired) electrons. The summed E-state index contributed by atoms with van der Waals surface area (Å²) < 4.78 is 10.9. The molecule has 2 atom stereocenters. The van der Waals surface area contributed by atoms with Crippen LogP contribution in [-0.2, 0) is 19.1 Å². The Kier molecular flexibility index (Phi) is 14.0. The highest BCUT2D eigenvalue weighted by Gasteiger charge is 2.36. The second kappa shape index (κ2) is 16.1. The Morgan fingerprint density at radius 2 is 1.11 bits per heavy atom. The van der Waals surface area contributed by atoms with Gasteiger partial charge < -0.3 is 9.47 Å². The van der Waals surface area contributed by atoms with E-state index in [2.05, 4.69) is 13.2 Å². The van der Waals surface area contributed by atoms with Crippen molar-refractivity contribution in [2.24, 2.45) is 11.8 Å². The first-order valence-corrected chi connectivity index (χ1v) is 10.9. The largest absolute Gasteiger partial charge is 0.465 e. The van der Waals surface area contributed by atoms with Gasteiger partial charge in [-0.15, -0.1) is 13.2 Å². The molecule has 4 heteroatoms. The monoisotopic (exact) mass is 390 g/mol. The molecule has 0 amide bonds. The van der Waals surface area contributed by atoms with Gasteiger partial charge in [-0.25, -0.2) is 0 Å². The molecular formula is C24H38O4. The number of hydrogen-bond donors (Lipinski definition) is 0. The maximum absolute atomic E-state index is 12.4. The van der Waals surface area contributed by atoms with E-state index in [-0.39, 0.29) is 11.9 Å². The molecule has 0 fully saturated rings. The summed E-state index contributed by atoms with van der Waals surface area (Å²) in [6.07, 6.45) is 19.3. The van der Waals surface area contributed by atoms with Crippen LogP contribution in [0.15, 0.2) is 37.5 Å². The van der Waals surface area contributed by atoms with E-state index < -0.39 is 11.8 Å². The number of ether oxygens (including phenoxy) is 2. The fourth-order valence-electron chi connectivity index (χ4n) is 3.38. The molecule has 0 aromatic carbocycles. The van der Waals surface area contributed by atoms with Crippen LogP contribution >= 0.6 is 0 Å². The number of unbranched alkanes of at least 4 members (excludes halogenated alkanes) is 8. The summed E-state index contributed by atoms with van der Waals surface area (Å²) in [6, 6.07) is 0. The number of carbonyl (C=O) groups is 2. The summed E-state index contributed by atoms with van der Waals surface area (Å²) in [5.41, 5.74) is 0. The van der Waals surface area contributed by atoms with Crippen molar-refractivity contribution in [2.75, 3.05) is 13.2 Å². The average molecular weight is 391 g/mol. The molecule has 0 saturated carbocycles. The molecule has 4 nitrogen and oxygen atoms in total. The highest BCUT2D eigenvalue weighted by molar-refractivity contribution is 5.82. The van der Waals surface area contributed by atoms with Gasteiger partial charge in [0.25, 0.3) is 0 Å². The molecule has 1 aliphatic carbocycles. The van der Waals surface area contributed by atoms with Gasteiger partial charge in [-0.2, -0.15) is 0 Å². The quantitative estimate of drug-likeness (QED) is 0.186. The van der Waals surface area contributed by atoms with Crippen LogP contribution in [0.5, 0.6) is 0 Å². The minimum Gasteiger partial charge on any atom is -0.465 e. The molecule has 0 saturated heterocycles. The molecule has 0 heterocycles. The third kappa shape index (κ3) is 10.5. The second-order valence-electron chi connectivity index (χ2n) is 7.47. The lowest BCUT2D eigenvalue weighted by Crippen LogP contribution is -2.34. The van der Waals surface area contributed by atoms with Gasteiger partial charge in [0.15, 0.2) is 0 Å². The fourth-order valence-corrected chi connectivity index (χ4v) is 3.38. The number of allylic oxidation sites excluding steroid dienone is 4. The summed E-state index contributed by atoms with van der Waals surface area (Å²) in [5.74, 6) is -1.35. The van der Waals surface area contributed by atoms with Crippen molar-refractivity contribution < 1.29 is 19.1 Å². The van der Waals surface area contributed by atoms with Gasteiger partial charge in [0, 0.05) is 0 Å². The molecule has 0 aromatic rings. The molecule has 158 valence electrons. The molecular weight excluding hydrogens is 352 g/mol. The van der Waals surface area contributed by atoms with Crippen LogP contribution < -0.4 is 0 Å². The number of rotatable bonds is 16. The summed E-state index contributed by atoms with van der Waals surface area (Å²) in [7, 11) is 0. The van der Waals surface area contributed by atoms with Crippen molar-refractivity contribution in [1.29, 1.82) is 0 Å². The molecule has 1 aliphatic rings. The zero-order valence-corrected chi connectivity index (χ0v) is 17.4. The van der Waals surface area contributed by atoms with E-state index in [9.17, 15) is 9.59 Å². The van der Waals surface area contributed by atoms with E-state index in [0.29, 0.717) is 26.1 Å². The zero-order chi connectivity index (χ0) is 20.5. The molecule has 0 aromatic heterocycles. The van der Waals surface area contributed by atoms with E-state index >= 15 is 0 Å². The number of carbonyl (C=O) groups excluding carboxylic acids is 2. The zero-order valence-electron chi connectivity index (χ0n) is 17.4. The SMILES string of the molecule is C=CCCCCCCOC(=O)C1CC=CCC1C(=O)OCCCCCCC=C. The van der Waals surface area contributed by atoms with Crippen molar-refractivity contribution in [3.8, 4) is 0 Å². The Hall–Kier alpha value is -1.84. The third-order valence-electron chi connectivity index (χ3n) is 5.13. The van der Waals surface area contributed by atoms with Gasteiger partial charge in [0.1, 0.15) is 0 Å². The van der Waals surface area contributed by atoms with Gasteiger partial charge in [-0.3, -0.25) is 9.59 Å². The first-order valence-electron chi connectivity index (χ1n) is 10.9. The Morgan fingerprint density at radius 3 is 1.50 bits per heavy atom. The molecule has 1 rings (SSSR count). The van der Waals surface area contributed by atoms with Crippen molar-refractivity contribution in [1.82, 2.24) is 0 Å². The van der Waals surface area contributed by atoms with E-state index in [1.54, 1.807) is 0 Å². The Balaban J connectivity index is 2.26. The summed E-state index contributed by atoms with van der Waals surface area (Å²) in [5, 5.41) is 0. The van der Waals surface area contributed by atoms with Crippen LogP contribution in [0.1, 0.15) is 77.0 Å². The molecule has 2 unspecified atom stereocenters. The lowest BCUT2D eigenvalue weighted by atomic mass is 9.83. The lowest BCUT2D eigenvalue weighted by molar-refractivity contribution is -0.161. The van der Waals surface area contributed by atoms with E-state index in [1.165, 1.54) is 0 Å². The van der Waals surface area contributed by atoms with Crippen LogP contribution in [-0.4, -0.2) is 25.2 Å². The van der Waals surface area contributed by atoms with E-state index in [1.807, 2.05) is 24.3 Å². The highest BCUT2D eigenvalue weighted by atomic mass is 16.5. The molecule has 0 spiro atoms. The van der Waals surface area contributed by atoms with Crippen molar-refractivity contribution in [2.45, 2.75) is 77.0 Å². The lowest BCUT2D eigenvalue weighted by Gasteiger charge is -2.25. The third-order valence-corrected chi connectivity index (χ3v) is 5.13. The fraction of sp³-hybridized carbons (Fsp3) is 0.667. The average Bonchev–Trinajstić information content (AvgIpc) is 2.72. The number of esters is 2. The van der Waals surface area contributed by atoms with Gasteiger partial charge in [0.2, 0.25) is 0 Å². The van der Waals surface area contributed by atoms with Crippen molar-refractivity contribution >= 4 is 11.9 Å². The maximum atomic E-state index is 12.4. The van der Waals surface area contributed by atoms with Gasteiger partial charge in [0.05, 0.1) is 25.0 Å². The standard InChI is InChI=1S/C24H38O4/c1-3-5-7-9-11-15-19-27-23(25)21-17-13-14-18-22(21)24(26)28-20-16-12-10-8-6-4-2/h3-4,13-14,21-22H,1-2,5-12,15-20H2. The predicted molar refractivity (Wildman–Crippen MR) is 114 cm³/mol. The van der Waals surface area contributed by atoms with E-state index in [0.717, 1.165) is 64.2 Å². The minimum atomic E-state index is -0.411. The van der Waals surface area contributed by atoms with Crippen LogP contribution in [0.3, 0.4) is 0 Å². The Labute approximate surface area is 171 Å². The van der Waals surface area contributed by atoms with Crippen LogP contribution in [0, 0.1) is 11.8 Å². The van der Waals surface area contributed by atoms with Gasteiger partial charge >= 0.3 is 11.9 Å². The van der Waals surface area contributed by atoms with Crippen LogP contribution in [0.4, 0.5) is 0 Å². The highest BCUT2D eigenvalue weighted by Crippen LogP contribution is 2.28. The van der Waals surface area contributed by atoms with E-state index in [4.69, 9.17) is 9.47 Å². The molecule has 0 bridgehead atoms. The predicted octanol–water partition coefficient (Wildman–Crippen LogP) is 5.93. The summed E-state index contributed by atoms with van der Waals surface area (Å²) >= 11 is 0. The molecule has 0 aliphatic heterocycles. The summed E-state index contributed by atoms with van der Waals surface area (Å²) in [4.78, 5) is 24.9. The molecule has 28 heavy (non-hydrogen) atoms. The number of hydrogen-bond acceptors (Lipinski definition) is 4. The second-order valence-corrected chi connectivity index (χ2v) is 7.47. The summed E-state index contributed by atoms with van der Waals surface area (Å²) in [6.45, 7) is 8.29. The van der Waals surface area contributed by atoms with Crippen molar-refractivity contribution in [3.63, 3.8) is 0 Å². The van der Waals surface area contributed by atoms with Crippen molar-refractivity contribution in [3.05, 3.63) is 37.5 Å². The van der Waals surface area contributed by atoms with Crippen LogP contribution in [0.2, 0.25) is 0 Å². The first-order chi connectivity index (χ1) is 13.7. The van der Waals surface area contributed by atoms with Gasteiger partial charge in [-0.05, 0) is 51.4 Å². The topological polar surface area (TPSA) is 52.6 Å². The smallest absolute Gasteiger partial charge is 0.310 e. The minimum absolute atomic E-state index is 0.262. The maximum Gasteiger partial charge on any atom is 0.310 e. The first kappa shape index (κ1) is 24.2. The van der Waals surface area contributed by atoms with Crippen LogP contribution in [0.25, 0.3) is 0 Å². The Bertz CT molecular complexity index is 451. The Morgan fingerprint density at radius 1 is 0.714 bits per heavy atom. The molecule has 0 N–H and O–H groups in total. The normalized spacial score (nSPS) is 18.4. The van der Waals surface area contributed by atoms with Gasteiger partial charge in [-0.1, -0.05) is 50.0 Å².